The lowest BCUT2D eigenvalue weighted by Crippen LogP contribution is -2.41. The van der Waals surface area contributed by atoms with Gasteiger partial charge < -0.3 is 10.0 Å². The molecule has 1 aliphatic rings. The first-order chi connectivity index (χ1) is 13.4. The highest BCUT2D eigenvalue weighted by atomic mass is 79.9. The molecule has 4 nitrogen and oxygen atoms in total. The number of carbonyl (C=O) groups is 2. The van der Waals surface area contributed by atoms with Gasteiger partial charge in [0.05, 0.1) is 27.3 Å². The summed E-state index contributed by atoms with van der Waals surface area (Å²) in [5.74, 6) is -0.793. The number of halogens is 2. The summed E-state index contributed by atoms with van der Waals surface area (Å²) in [4.78, 5) is 28.0. The van der Waals surface area contributed by atoms with Crippen LogP contribution in [0.5, 0.6) is 0 Å². The van der Waals surface area contributed by atoms with Crippen LogP contribution >= 0.6 is 38.9 Å². The smallest absolute Gasteiger partial charge is 0.264 e. The van der Waals surface area contributed by atoms with Gasteiger partial charge in [-0.1, -0.05) is 48.0 Å². The van der Waals surface area contributed by atoms with Crippen LogP contribution in [0.25, 0.3) is 0 Å². The van der Waals surface area contributed by atoms with Crippen LogP contribution in [0.15, 0.2) is 64.5 Å². The molecule has 4 rings (SSSR count). The summed E-state index contributed by atoms with van der Waals surface area (Å²) in [5.41, 5.74) is -0.0954. The van der Waals surface area contributed by atoms with Crippen LogP contribution in [-0.4, -0.2) is 16.8 Å². The second kappa shape index (κ2) is 7.44. The number of benzene rings is 2. The Morgan fingerprint density at radius 1 is 1.11 bits per heavy atom. The van der Waals surface area contributed by atoms with Gasteiger partial charge in [0.2, 0.25) is 0 Å². The van der Waals surface area contributed by atoms with E-state index in [0.717, 1.165) is 9.35 Å². The Kier molecular flexibility index (Phi) is 5.14. The molecular formula is C21H15BrClNO3S. The molecule has 0 fully saturated rings. The average molecular weight is 477 g/mol. The molecule has 7 heteroatoms. The summed E-state index contributed by atoms with van der Waals surface area (Å²) in [7, 11) is 0. The van der Waals surface area contributed by atoms with E-state index in [1.54, 1.807) is 42.5 Å². The van der Waals surface area contributed by atoms with Crippen LogP contribution in [0.1, 0.15) is 27.2 Å². The van der Waals surface area contributed by atoms with E-state index in [2.05, 4.69) is 15.9 Å². The van der Waals surface area contributed by atoms with Crippen molar-refractivity contribution in [1.29, 1.82) is 0 Å². The predicted molar refractivity (Wildman–Crippen MR) is 114 cm³/mol. The van der Waals surface area contributed by atoms with Crippen LogP contribution in [-0.2, 0) is 16.9 Å². The Labute approximate surface area is 179 Å². The minimum atomic E-state index is -1.90. The van der Waals surface area contributed by atoms with Gasteiger partial charge in [-0.2, -0.15) is 0 Å². The van der Waals surface area contributed by atoms with Crippen LogP contribution in [0.4, 0.5) is 5.69 Å². The van der Waals surface area contributed by atoms with Gasteiger partial charge in [-0.05, 0) is 45.8 Å². The zero-order valence-corrected chi connectivity index (χ0v) is 17.7. The third-order valence-electron chi connectivity index (χ3n) is 4.79. The van der Waals surface area contributed by atoms with Crippen molar-refractivity contribution in [2.75, 3.05) is 4.90 Å². The van der Waals surface area contributed by atoms with Gasteiger partial charge in [0, 0.05) is 10.6 Å². The molecule has 0 radical (unpaired) electrons. The quantitative estimate of drug-likeness (QED) is 0.517. The topological polar surface area (TPSA) is 57.6 Å². The molecule has 2 aromatic carbocycles. The van der Waals surface area contributed by atoms with Crippen molar-refractivity contribution in [2.24, 2.45) is 0 Å². The van der Waals surface area contributed by atoms with E-state index in [-0.39, 0.29) is 18.7 Å². The molecule has 1 atom stereocenters. The van der Waals surface area contributed by atoms with Crippen molar-refractivity contribution in [3.05, 3.63) is 85.5 Å². The van der Waals surface area contributed by atoms with E-state index in [9.17, 15) is 14.7 Å². The summed E-state index contributed by atoms with van der Waals surface area (Å²) in [6.07, 6.45) is -0.311. The Bertz CT molecular complexity index is 1080. The van der Waals surface area contributed by atoms with Gasteiger partial charge in [0.1, 0.15) is 0 Å². The molecule has 0 spiro atoms. The van der Waals surface area contributed by atoms with Crippen LogP contribution in [0, 0.1) is 0 Å². The highest BCUT2D eigenvalue weighted by molar-refractivity contribution is 9.11. The molecule has 28 heavy (non-hydrogen) atoms. The number of ketones is 1. The lowest BCUT2D eigenvalue weighted by molar-refractivity contribution is -0.136. The van der Waals surface area contributed by atoms with Crippen molar-refractivity contribution in [3.8, 4) is 0 Å². The molecule has 0 saturated carbocycles. The lowest BCUT2D eigenvalue weighted by atomic mass is 9.89. The number of thiophene rings is 1. The van der Waals surface area contributed by atoms with Crippen LogP contribution in [0.2, 0.25) is 5.02 Å². The summed E-state index contributed by atoms with van der Waals surface area (Å²) >= 11 is 10.9. The SMILES string of the molecule is O=C(C[C@@]1(O)C(=O)N(Cc2ccccc2Cl)c2ccccc21)c1ccc(Br)s1. The zero-order chi connectivity index (χ0) is 19.9. The number of aliphatic hydroxyl groups is 1. The van der Waals surface area contributed by atoms with E-state index >= 15 is 0 Å². The third-order valence-corrected chi connectivity index (χ3v) is 6.82. The number of nitrogens with zero attached hydrogens (tertiary/aromatic N) is 1. The fraction of sp³-hybridized carbons (Fsp3) is 0.143. The van der Waals surface area contributed by atoms with E-state index in [4.69, 9.17) is 11.6 Å². The van der Waals surface area contributed by atoms with Crippen LogP contribution < -0.4 is 4.90 Å². The Morgan fingerprint density at radius 3 is 2.54 bits per heavy atom. The number of anilines is 1. The first-order valence-corrected chi connectivity index (χ1v) is 10.5. The molecule has 1 aromatic heterocycles. The average Bonchev–Trinajstić information content (AvgIpc) is 3.20. The third kappa shape index (κ3) is 3.31. The van der Waals surface area contributed by atoms with Crippen molar-refractivity contribution >= 4 is 56.2 Å². The maximum Gasteiger partial charge on any atom is 0.264 e. The van der Waals surface area contributed by atoms with E-state index in [0.29, 0.717) is 21.2 Å². The van der Waals surface area contributed by atoms with Gasteiger partial charge in [0.25, 0.3) is 5.91 Å². The van der Waals surface area contributed by atoms with Gasteiger partial charge in [0.15, 0.2) is 11.4 Å². The summed E-state index contributed by atoms with van der Waals surface area (Å²) in [6, 6.07) is 17.7. The monoisotopic (exact) mass is 475 g/mol. The molecule has 0 saturated heterocycles. The molecule has 142 valence electrons. The first kappa shape index (κ1) is 19.3. The standard InChI is InChI=1S/C21H15BrClNO3S/c22-19-10-9-18(28-19)17(25)11-21(27)14-6-2-4-8-16(14)24(20(21)26)12-13-5-1-3-7-15(13)23/h1-10,27H,11-12H2/t21-/m0/s1. The molecule has 2 heterocycles. The summed E-state index contributed by atoms with van der Waals surface area (Å²) in [5, 5.41) is 11.9. The fourth-order valence-electron chi connectivity index (χ4n) is 3.42. The minimum absolute atomic E-state index is 0.219. The maximum atomic E-state index is 13.2. The number of fused-ring (bicyclic) bond motifs is 1. The van der Waals surface area contributed by atoms with Crippen molar-refractivity contribution in [1.82, 2.24) is 0 Å². The highest BCUT2D eigenvalue weighted by Gasteiger charge is 2.50. The largest absolute Gasteiger partial charge is 0.375 e. The number of Topliss-reactive ketones (excluding diaryl/α,β-unsaturated/α-hetero) is 1. The molecule has 1 aliphatic heterocycles. The van der Waals surface area contributed by atoms with Gasteiger partial charge in [-0.3, -0.25) is 9.59 Å². The van der Waals surface area contributed by atoms with Gasteiger partial charge in [-0.25, -0.2) is 0 Å². The summed E-state index contributed by atoms with van der Waals surface area (Å²) < 4.78 is 0.821. The molecule has 0 aliphatic carbocycles. The number of carbonyl (C=O) groups excluding carboxylic acids is 2. The van der Waals surface area contributed by atoms with Crippen molar-refractivity contribution in [2.45, 2.75) is 18.6 Å². The van der Waals surface area contributed by atoms with E-state index < -0.39 is 11.5 Å². The number of rotatable bonds is 5. The molecule has 0 unspecified atom stereocenters. The van der Waals surface area contributed by atoms with Gasteiger partial charge in [-0.15, -0.1) is 11.3 Å². The number of para-hydroxylation sites is 1. The maximum absolute atomic E-state index is 13.2. The van der Waals surface area contributed by atoms with Crippen molar-refractivity contribution < 1.29 is 14.7 Å². The number of hydrogen-bond donors (Lipinski definition) is 1. The molecule has 1 amide bonds. The molecular weight excluding hydrogens is 462 g/mol. The van der Waals surface area contributed by atoms with E-state index in [1.807, 2.05) is 18.2 Å². The first-order valence-electron chi connectivity index (χ1n) is 8.56. The second-order valence-corrected chi connectivity index (χ2v) is 9.43. The fourth-order valence-corrected chi connectivity index (χ4v) is 4.93. The Morgan fingerprint density at radius 2 is 1.82 bits per heavy atom. The predicted octanol–water partition coefficient (Wildman–Crippen LogP) is 5.17. The molecule has 0 bridgehead atoms. The molecule has 3 aromatic rings. The lowest BCUT2D eigenvalue weighted by Gasteiger charge is -2.23. The zero-order valence-electron chi connectivity index (χ0n) is 14.6. The normalized spacial score (nSPS) is 18.4. The second-order valence-electron chi connectivity index (χ2n) is 6.56. The van der Waals surface area contributed by atoms with Crippen molar-refractivity contribution in [3.63, 3.8) is 0 Å². The minimum Gasteiger partial charge on any atom is -0.375 e. The number of amides is 1. The Balaban J connectivity index is 1.70. The van der Waals surface area contributed by atoms with Gasteiger partial charge >= 0.3 is 0 Å². The Hall–Kier alpha value is -1.99. The van der Waals surface area contributed by atoms with Crippen LogP contribution in [0.3, 0.4) is 0 Å². The molecule has 1 N–H and O–H groups in total. The number of hydrogen-bond acceptors (Lipinski definition) is 4. The van der Waals surface area contributed by atoms with E-state index in [1.165, 1.54) is 16.2 Å². The highest BCUT2D eigenvalue weighted by Crippen LogP contribution is 2.44. The summed E-state index contributed by atoms with van der Waals surface area (Å²) in [6.45, 7) is 0.219.